The maximum Gasteiger partial charge on any atom is 0.394 e. The Labute approximate surface area is 123 Å². The monoisotopic (exact) mass is 290 g/mol. The van der Waals surface area contributed by atoms with E-state index in [0.717, 1.165) is 35.7 Å². The lowest BCUT2D eigenvalue weighted by Crippen LogP contribution is -2.13. The number of nitrogens with one attached hydrogen (secondary N) is 1. The summed E-state index contributed by atoms with van der Waals surface area (Å²) in [6.45, 7) is 4.41. The van der Waals surface area contributed by atoms with Crippen LogP contribution < -0.4 is 19.5 Å². The number of hydrogen-bond donors (Lipinski definition) is 1. The largest absolute Gasteiger partial charge is 0.454 e. The third kappa shape index (κ3) is 3.46. The highest BCUT2D eigenvalue weighted by molar-refractivity contribution is 5.44. The highest BCUT2D eigenvalue weighted by Crippen LogP contribution is 2.32. The van der Waals surface area contributed by atoms with Crippen LogP contribution in [0.5, 0.6) is 17.6 Å². The van der Waals surface area contributed by atoms with Crippen molar-refractivity contribution in [3.63, 3.8) is 0 Å². The van der Waals surface area contributed by atoms with E-state index in [0.29, 0.717) is 13.2 Å². The minimum absolute atomic E-state index is 0.271. The number of aromatic nitrogens is 1. The Morgan fingerprint density at radius 3 is 3.10 bits per heavy atom. The van der Waals surface area contributed by atoms with E-state index in [9.17, 15) is 0 Å². The molecule has 0 atom stereocenters. The number of ether oxygens (including phenoxy) is 3. The van der Waals surface area contributed by atoms with Gasteiger partial charge >= 0.3 is 6.08 Å². The van der Waals surface area contributed by atoms with Crippen LogP contribution in [0.3, 0.4) is 0 Å². The molecule has 21 heavy (non-hydrogen) atoms. The van der Waals surface area contributed by atoms with E-state index in [1.165, 1.54) is 0 Å². The fraction of sp³-hybridized carbons (Fsp3) is 0.400. The highest BCUT2D eigenvalue weighted by atomic mass is 16.7. The van der Waals surface area contributed by atoms with Gasteiger partial charge in [-0.25, -0.2) is 0 Å². The van der Waals surface area contributed by atoms with Gasteiger partial charge in [-0.3, -0.25) is 0 Å². The molecular weight excluding hydrogens is 272 g/mol. The van der Waals surface area contributed by atoms with Gasteiger partial charge in [0.25, 0.3) is 0 Å². The lowest BCUT2D eigenvalue weighted by molar-refractivity contribution is 0.173. The minimum atomic E-state index is 0.271. The molecule has 1 aromatic heterocycles. The summed E-state index contributed by atoms with van der Waals surface area (Å²) >= 11 is 0. The van der Waals surface area contributed by atoms with Crippen LogP contribution in [0.2, 0.25) is 0 Å². The molecule has 0 aliphatic carbocycles. The molecular formula is C15H18N2O4. The van der Waals surface area contributed by atoms with Crippen molar-refractivity contribution in [3.8, 4) is 17.6 Å². The molecule has 0 bridgehead atoms. The first-order valence-electron chi connectivity index (χ1n) is 7.01. The SMILES string of the molecule is CCCNCc1coc(OCc2ccc3c(c2)OCO3)n1. The van der Waals surface area contributed by atoms with Crippen molar-refractivity contribution in [1.82, 2.24) is 10.3 Å². The molecule has 0 amide bonds. The molecule has 0 unspecified atom stereocenters. The van der Waals surface area contributed by atoms with Gasteiger partial charge < -0.3 is 23.9 Å². The smallest absolute Gasteiger partial charge is 0.394 e. The first kappa shape index (κ1) is 13.8. The summed E-state index contributed by atoms with van der Waals surface area (Å²) in [4.78, 5) is 4.26. The Balaban J connectivity index is 1.53. The lowest BCUT2D eigenvalue weighted by Gasteiger charge is -2.03. The van der Waals surface area contributed by atoms with Crippen LogP contribution in [-0.4, -0.2) is 18.3 Å². The summed E-state index contributed by atoms with van der Waals surface area (Å²) < 4.78 is 21.4. The number of rotatable bonds is 7. The number of oxazole rings is 1. The highest BCUT2D eigenvalue weighted by Gasteiger charge is 2.13. The van der Waals surface area contributed by atoms with Crippen LogP contribution in [-0.2, 0) is 13.2 Å². The summed E-state index contributed by atoms with van der Waals surface area (Å²) in [5, 5.41) is 3.26. The van der Waals surface area contributed by atoms with Gasteiger partial charge in [-0.15, -0.1) is 0 Å². The van der Waals surface area contributed by atoms with Gasteiger partial charge in [-0.2, -0.15) is 4.98 Å². The molecule has 1 N–H and O–H groups in total. The molecule has 1 aliphatic heterocycles. The van der Waals surface area contributed by atoms with Gasteiger partial charge in [0.2, 0.25) is 6.79 Å². The Hall–Kier alpha value is -2.21. The minimum Gasteiger partial charge on any atom is -0.454 e. The summed E-state index contributed by atoms with van der Waals surface area (Å²) in [7, 11) is 0. The van der Waals surface area contributed by atoms with Gasteiger partial charge in [-0.05, 0) is 30.7 Å². The maximum atomic E-state index is 5.54. The van der Waals surface area contributed by atoms with Crippen LogP contribution in [0.1, 0.15) is 24.6 Å². The van der Waals surface area contributed by atoms with Gasteiger partial charge in [0.15, 0.2) is 11.5 Å². The molecule has 2 heterocycles. The van der Waals surface area contributed by atoms with Crippen molar-refractivity contribution in [3.05, 3.63) is 35.7 Å². The molecule has 1 aromatic carbocycles. The van der Waals surface area contributed by atoms with Crippen molar-refractivity contribution < 1.29 is 18.6 Å². The molecule has 0 saturated heterocycles. The van der Waals surface area contributed by atoms with Crippen LogP contribution in [0, 0.1) is 0 Å². The standard InChI is InChI=1S/C15H18N2O4/c1-2-5-16-7-12-9-19-15(17-12)18-8-11-3-4-13-14(6-11)21-10-20-13/h3-4,6,9,16H,2,5,7-8,10H2,1H3. The molecule has 3 rings (SSSR count). The summed E-state index contributed by atoms with van der Waals surface area (Å²) in [5.41, 5.74) is 1.81. The first-order valence-corrected chi connectivity index (χ1v) is 7.01. The molecule has 0 saturated carbocycles. The van der Waals surface area contributed by atoms with E-state index >= 15 is 0 Å². The number of nitrogens with zero attached hydrogens (tertiary/aromatic N) is 1. The predicted octanol–water partition coefficient (Wildman–Crippen LogP) is 2.48. The van der Waals surface area contributed by atoms with Crippen molar-refractivity contribution in [2.75, 3.05) is 13.3 Å². The van der Waals surface area contributed by atoms with E-state index in [-0.39, 0.29) is 12.9 Å². The molecule has 0 spiro atoms. The second-order valence-corrected chi connectivity index (χ2v) is 4.76. The normalized spacial score (nSPS) is 12.6. The van der Waals surface area contributed by atoms with E-state index < -0.39 is 0 Å². The third-order valence-corrected chi connectivity index (χ3v) is 3.06. The molecule has 1 aliphatic rings. The molecule has 0 fully saturated rings. The van der Waals surface area contributed by atoms with Crippen molar-refractivity contribution in [2.45, 2.75) is 26.5 Å². The van der Waals surface area contributed by atoms with Crippen LogP contribution in [0.4, 0.5) is 0 Å². The lowest BCUT2D eigenvalue weighted by atomic mass is 10.2. The predicted molar refractivity (Wildman–Crippen MR) is 75.4 cm³/mol. The zero-order valence-electron chi connectivity index (χ0n) is 11.9. The van der Waals surface area contributed by atoms with Gasteiger partial charge in [-0.1, -0.05) is 13.0 Å². The van der Waals surface area contributed by atoms with E-state index in [1.807, 2.05) is 18.2 Å². The van der Waals surface area contributed by atoms with E-state index in [1.54, 1.807) is 6.26 Å². The first-order chi connectivity index (χ1) is 10.3. The van der Waals surface area contributed by atoms with E-state index in [2.05, 4.69) is 17.2 Å². The average Bonchev–Trinajstić information content (AvgIpc) is 3.13. The second kappa shape index (κ2) is 6.49. The molecule has 6 nitrogen and oxygen atoms in total. The maximum absolute atomic E-state index is 5.54. The van der Waals surface area contributed by atoms with Gasteiger partial charge in [0.1, 0.15) is 12.9 Å². The van der Waals surface area contributed by atoms with Crippen molar-refractivity contribution in [1.29, 1.82) is 0 Å². The average molecular weight is 290 g/mol. The van der Waals surface area contributed by atoms with Crippen LogP contribution >= 0.6 is 0 Å². The fourth-order valence-electron chi connectivity index (χ4n) is 2.00. The number of benzene rings is 1. The Kier molecular flexibility index (Phi) is 4.25. The van der Waals surface area contributed by atoms with Gasteiger partial charge in [0.05, 0.1) is 5.69 Å². The summed E-state index contributed by atoms with van der Waals surface area (Å²) in [6.07, 6.45) is 2.98. The third-order valence-electron chi connectivity index (χ3n) is 3.06. The number of fused-ring (bicyclic) bond motifs is 1. The molecule has 2 aromatic rings. The van der Waals surface area contributed by atoms with Crippen molar-refractivity contribution in [2.24, 2.45) is 0 Å². The Morgan fingerprint density at radius 1 is 1.29 bits per heavy atom. The van der Waals surface area contributed by atoms with E-state index in [4.69, 9.17) is 18.6 Å². The summed E-state index contributed by atoms with van der Waals surface area (Å²) in [5.74, 6) is 1.51. The fourth-order valence-corrected chi connectivity index (χ4v) is 2.00. The molecule has 6 heteroatoms. The number of hydrogen-bond acceptors (Lipinski definition) is 6. The second-order valence-electron chi connectivity index (χ2n) is 4.76. The Morgan fingerprint density at radius 2 is 2.19 bits per heavy atom. The summed E-state index contributed by atoms with van der Waals surface area (Å²) in [6, 6.07) is 5.70. The molecule has 0 radical (unpaired) electrons. The van der Waals surface area contributed by atoms with Crippen LogP contribution in [0.15, 0.2) is 28.9 Å². The Bertz CT molecular complexity index is 597. The topological polar surface area (TPSA) is 65.8 Å². The van der Waals surface area contributed by atoms with Crippen LogP contribution in [0.25, 0.3) is 0 Å². The quantitative estimate of drug-likeness (QED) is 0.790. The molecule has 112 valence electrons. The van der Waals surface area contributed by atoms with Gasteiger partial charge in [0, 0.05) is 6.54 Å². The van der Waals surface area contributed by atoms with Crippen molar-refractivity contribution >= 4 is 0 Å². The zero-order valence-corrected chi connectivity index (χ0v) is 11.9. The zero-order chi connectivity index (χ0) is 14.5.